The van der Waals surface area contributed by atoms with E-state index in [1.807, 2.05) is 19.9 Å². The fourth-order valence-electron chi connectivity index (χ4n) is 1.36. The second-order valence-electron chi connectivity index (χ2n) is 3.10. The quantitative estimate of drug-likeness (QED) is 0.715. The molecule has 0 atom stereocenters. The minimum Gasteiger partial charge on any atom is -0.290 e. The average Bonchev–Trinajstić information content (AvgIpc) is 2.45. The molecule has 2 aromatic rings. The van der Waals surface area contributed by atoms with E-state index in [-0.39, 0.29) is 5.69 Å². The van der Waals surface area contributed by atoms with E-state index in [2.05, 4.69) is 15.1 Å². The summed E-state index contributed by atoms with van der Waals surface area (Å²) in [6.45, 7) is 3.83. The zero-order valence-electron chi connectivity index (χ0n) is 7.98. The van der Waals surface area contributed by atoms with Crippen molar-refractivity contribution in [1.29, 1.82) is 0 Å². The van der Waals surface area contributed by atoms with Crippen LogP contribution in [0.4, 0.5) is 0 Å². The van der Waals surface area contributed by atoms with Gasteiger partial charge in [0.15, 0.2) is 0 Å². The first-order valence-corrected chi connectivity index (χ1v) is 4.26. The van der Waals surface area contributed by atoms with Gasteiger partial charge in [0.25, 0.3) is 0 Å². The normalized spacial score (nSPS) is 10.4. The molecule has 0 aliphatic carbocycles. The fraction of sp³-hybridized carbons (Fsp3) is 0.222. The molecule has 14 heavy (non-hydrogen) atoms. The highest BCUT2D eigenvalue weighted by Crippen LogP contribution is 2.06. The van der Waals surface area contributed by atoms with E-state index in [0.29, 0.717) is 5.82 Å². The molecule has 0 aromatic carbocycles. The molecule has 0 saturated heterocycles. The van der Waals surface area contributed by atoms with Crippen molar-refractivity contribution in [2.24, 2.45) is 0 Å². The van der Waals surface area contributed by atoms with E-state index >= 15 is 0 Å². The molecule has 0 aliphatic heterocycles. The lowest BCUT2D eigenvalue weighted by Crippen LogP contribution is -2.13. The Hall–Kier alpha value is -1.91. The number of aromatic amines is 1. The van der Waals surface area contributed by atoms with Crippen LogP contribution in [-0.4, -0.2) is 19.7 Å². The molecule has 2 heterocycles. The monoisotopic (exact) mass is 190 g/mol. The van der Waals surface area contributed by atoms with Gasteiger partial charge >= 0.3 is 5.69 Å². The maximum Gasteiger partial charge on any atom is 0.346 e. The van der Waals surface area contributed by atoms with Crippen LogP contribution in [0.25, 0.3) is 5.82 Å². The highest BCUT2D eigenvalue weighted by atomic mass is 16.1. The first kappa shape index (κ1) is 8.68. The third-order valence-electron chi connectivity index (χ3n) is 1.90. The largest absolute Gasteiger partial charge is 0.346 e. The van der Waals surface area contributed by atoms with Crippen LogP contribution in [0.3, 0.4) is 0 Å². The predicted octanol–water partition coefficient (Wildman–Crippen LogP) is 0.572. The molecule has 0 fully saturated rings. The standard InChI is InChI=1S/C9H10N4O/c1-6-5-7(2)13(12-6)8-3-4-10-9(14)11-8/h3-5H,1-2H3,(H,10,11,14). The number of hydrogen-bond acceptors (Lipinski definition) is 3. The van der Waals surface area contributed by atoms with Crippen molar-refractivity contribution < 1.29 is 0 Å². The summed E-state index contributed by atoms with van der Waals surface area (Å²) in [5, 5.41) is 4.24. The van der Waals surface area contributed by atoms with Gasteiger partial charge in [-0.1, -0.05) is 0 Å². The Bertz CT molecular complexity index is 512. The maximum atomic E-state index is 11.0. The lowest BCUT2D eigenvalue weighted by molar-refractivity contribution is 0.793. The molecular formula is C9H10N4O. The zero-order chi connectivity index (χ0) is 10.1. The average molecular weight is 190 g/mol. The van der Waals surface area contributed by atoms with E-state index in [0.717, 1.165) is 11.4 Å². The lowest BCUT2D eigenvalue weighted by Gasteiger charge is -2.01. The first-order valence-electron chi connectivity index (χ1n) is 4.26. The van der Waals surface area contributed by atoms with Crippen molar-refractivity contribution in [3.05, 3.63) is 40.2 Å². The molecule has 2 aromatic heterocycles. The van der Waals surface area contributed by atoms with Gasteiger partial charge in [-0.3, -0.25) is 4.98 Å². The van der Waals surface area contributed by atoms with Gasteiger partial charge in [0.1, 0.15) is 5.82 Å². The molecule has 1 N–H and O–H groups in total. The van der Waals surface area contributed by atoms with Gasteiger partial charge in [-0.2, -0.15) is 5.10 Å². The Balaban J connectivity index is 2.59. The van der Waals surface area contributed by atoms with Gasteiger partial charge < -0.3 is 0 Å². The number of H-pyrrole nitrogens is 1. The molecular weight excluding hydrogens is 180 g/mol. The van der Waals surface area contributed by atoms with E-state index in [9.17, 15) is 4.79 Å². The summed E-state index contributed by atoms with van der Waals surface area (Å²) in [5.41, 5.74) is 1.53. The molecule has 5 heteroatoms. The van der Waals surface area contributed by atoms with Crippen molar-refractivity contribution in [3.63, 3.8) is 0 Å². The minimum atomic E-state index is -0.366. The van der Waals surface area contributed by atoms with E-state index in [1.54, 1.807) is 10.7 Å². The number of nitrogens with zero attached hydrogens (tertiary/aromatic N) is 3. The Morgan fingerprint density at radius 2 is 2.21 bits per heavy atom. The van der Waals surface area contributed by atoms with Crippen LogP contribution in [0.15, 0.2) is 23.1 Å². The molecule has 0 radical (unpaired) electrons. The molecule has 0 spiro atoms. The van der Waals surface area contributed by atoms with Gasteiger partial charge in [-0.15, -0.1) is 0 Å². The van der Waals surface area contributed by atoms with Gasteiger partial charge in [-0.05, 0) is 26.0 Å². The minimum absolute atomic E-state index is 0.366. The van der Waals surface area contributed by atoms with Crippen molar-refractivity contribution in [1.82, 2.24) is 19.7 Å². The van der Waals surface area contributed by atoms with Gasteiger partial charge in [-0.25, -0.2) is 14.5 Å². The third-order valence-corrected chi connectivity index (χ3v) is 1.90. The molecule has 5 nitrogen and oxygen atoms in total. The van der Waals surface area contributed by atoms with E-state index in [1.165, 1.54) is 6.20 Å². The molecule has 0 unspecified atom stereocenters. The smallest absolute Gasteiger partial charge is 0.290 e. The fourth-order valence-corrected chi connectivity index (χ4v) is 1.36. The lowest BCUT2D eigenvalue weighted by atomic mass is 10.4. The molecule has 0 aliphatic rings. The van der Waals surface area contributed by atoms with Crippen molar-refractivity contribution in [2.75, 3.05) is 0 Å². The number of nitrogens with one attached hydrogen (secondary N) is 1. The first-order chi connectivity index (χ1) is 6.66. The molecule has 72 valence electrons. The molecule has 0 amide bonds. The number of aromatic nitrogens is 4. The Labute approximate surface area is 80.4 Å². The number of hydrogen-bond donors (Lipinski definition) is 1. The van der Waals surface area contributed by atoms with Crippen molar-refractivity contribution in [3.8, 4) is 5.82 Å². The summed E-state index contributed by atoms with van der Waals surface area (Å²) in [6.07, 6.45) is 1.46. The van der Waals surface area contributed by atoms with Gasteiger partial charge in [0.2, 0.25) is 0 Å². The van der Waals surface area contributed by atoms with Crippen LogP contribution >= 0.6 is 0 Å². The SMILES string of the molecule is Cc1cc(C)n(-c2ccnc(=O)[nH]2)n1. The number of rotatable bonds is 1. The van der Waals surface area contributed by atoms with E-state index < -0.39 is 0 Å². The van der Waals surface area contributed by atoms with Crippen LogP contribution in [-0.2, 0) is 0 Å². The summed E-state index contributed by atoms with van der Waals surface area (Å²) in [5.74, 6) is 0.635. The topological polar surface area (TPSA) is 63.6 Å². The summed E-state index contributed by atoms with van der Waals surface area (Å²) >= 11 is 0. The summed E-state index contributed by atoms with van der Waals surface area (Å²) in [7, 11) is 0. The molecule has 2 rings (SSSR count). The van der Waals surface area contributed by atoms with Crippen LogP contribution in [0, 0.1) is 13.8 Å². The third kappa shape index (κ3) is 1.44. The van der Waals surface area contributed by atoms with Crippen LogP contribution in [0.1, 0.15) is 11.4 Å². The van der Waals surface area contributed by atoms with E-state index in [4.69, 9.17) is 0 Å². The maximum absolute atomic E-state index is 11.0. The highest BCUT2D eigenvalue weighted by molar-refractivity contribution is 5.23. The summed E-state index contributed by atoms with van der Waals surface area (Å²) in [6, 6.07) is 3.65. The number of aryl methyl sites for hydroxylation is 2. The molecule has 0 saturated carbocycles. The second-order valence-corrected chi connectivity index (χ2v) is 3.10. The summed E-state index contributed by atoms with van der Waals surface area (Å²) in [4.78, 5) is 17.1. The van der Waals surface area contributed by atoms with Crippen molar-refractivity contribution in [2.45, 2.75) is 13.8 Å². The highest BCUT2D eigenvalue weighted by Gasteiger charge is 2.03. The van der Waals surface area contributed by atoms with Gasteiger partial charge in [0.05, 0.1) is 5.69 Å². The van der Waals surface area contributed by atoms with Crippen LogP contribution < -0.4 is 5.69 Å². The molecule has 0 bridgehead atoms. The van der Waals surface area contributed by atoms with Crippen LogP contribution in [0.2, 0.25) is 0 Å². The zero-order valence-corrected chi connectivity index (χ0v) is 7.98. The Morgan fingerprint density at radius 3 is 2.79 bits per heavy atom. The second kappa shape index (κ2) is 3.10. The van der Waals surface area contributed by atoms with Crippen LogP contribution in [0.5, 0.6) is 0 Å². The van der Waals surface area contributed by atoms with Crippen molar-refractivity contribution >= 4 is 0 Å². The Morgan fingerprint density at radius 1 is 1.43 bits per heavy atom. The Kier molecular flexibility index (Phi) is 1.92. The van der Waals surface area contributed by atoms with Gasteiger partial charge in [0, 0.05) is 11.9 Å². The summed E-state index contributed by atoms with van der Waals surface area (Å²) < 4.78 is 1.68. The predicted molar refractivity (Wildman–Crippen MR) is 51.5 cm³/mol.